The Labute approximate surface area is 298 Å². The summed E-state index contributed by atoms with van der Waals surface area (Å²) in [6.07, 6.45) is 23.8. The lowest BCUT2D eigenvalue weighted by molar-refractivity contribution is -0.697. The minimum Gasteiger partial charge on any atom is -0.205 e. The van der Waals surface area contributed by atoms with Crippen molar-refractivity contribution in [3.8, 4) is 0 Å². The molecule has 4 rings (SSSR count). The van der Waals surface area contributed by atoms with Crippen molar-refractivity contribution in [2.75, 3.05) is 10.7 Å². The van der Waals surface area contributed by atoms with Crippen LogP contribution in [0.4, 0.5) is 0 Å². The monoisotopic (exact) mass is 748 g/mol. The summed E-state index contributed by atoms with van der Waals surface area (Å²) in [5.41, 5.74) is 11.4. The van der Waals surface area contributed by atoms with Crippen LogP contribution in [0, 0.1) is 27.7 Å². The Hall–Kier alpha value is -2.30. The molecule has 0 spiro atoms. The van der Waals surface area contributed by atoms with Gasteiger partial charge in [-0.1, -0.05) is 80.4 Å². The van der Waals surface area contributed by atoms with Gasteiger partial charge < -0.3 is 0 Å². The van der Waals surface area contributed by atoms with E-state index >= 15 is 0 Å². The van der Waals surface area contributed by atoms with Gasteiger partial charge in [-0.15, -0.1) is 0 Å². The maximum absolute atomic E-state index is 3.47. The Morgan fingerprint density at radius 2 is 0.696 bits per heavy atom. The number of unbranched alkanes of at least 4 members (excludes halogenated alkanes) is 4. The van der Waals surface area contributed by atoms with Gasteiger partial charge in [-0.2, -0.15) is 0 Å². The Balaban J connectivity index is 0.000000304. The predicted molar refractivity (Wildman–Crippen MR) is 204 cm³/mol. The molecule has 0 aliphatic heterocycles. The number of benzene rings is 2. The first-order chi connectivity index (χ1) is 22.4. The summed E-state index contributed by atoms with van der Waals surface area (Å²) in [6.45, 7) is 10.9. The van der Waals surface area contributed by atoms with Gasteiger partial charge in [0.25, 0.3) is 0 Å². The van der Waals surface area contributed by atoms with Gasteiger partial charge in [0.1, 0.15) is 13.1 Å². The van der Waals surface area contributed by atoms with Crippen LogP contribution in [0.2, 0.25) is 0 Å². The fourth-order valence-electron chi connectivity index (χ4n) is 5.58. The van der Waals surface area contributed by atoms with Crippen LogP contribution in [0.3, 0.4) is 0 Å². The normalized spacial score (nSPS) is 10.9. The Morgan fingerprint density at radius 3 is 0.978 bits per heavy atom. The Bertz CT molecular complexity index is 1290. The van der Waals surface area contributed by atoms with Crippen molar-refractivity contribution in [3.05, 3.63) is 130 Å². The van der Waals surface area contributed by atoms with Gasteiger partial charge in [0, 0.05) is 46.8 Å². The van der Waals surface area contributed by atoms with Gasteiger partial charge in [-0.05, 0) is 125 Å². The van der Waals surface area contributed by atoms with Crippen molar-refractivity contribution in [3.63, 3.8) is 0 Å². The average molecular weight is 751 g/mol. The van der Waals surface area contributed by atoms with Crippen molar-refractivity contribution in [1.29, 1.82) is 0 Å². The molecule has 0 aliphatic carbocycles. The molecule has 0 fully saturated rings. The summed E-state index contributed by atoms with van der Waals surface area (Å²) in [4.78, 5) is 0. The van der Waals surface area contributed by atoms with Crippen molar-refractivity contribution in [2.24, 2.45) is 0 Å². The second-order valence-corrected chi connectivity index (χ2v) is 14.5. The third kappa shape index (κ3) is 15.1. The van der Waals surface area contributed by atoms with Crippen molar-refractivity contribution in [1.82, 2.24) is 0 Å². The minimum atomic E-state index is 1.11. The molecular formula is C42H58Br2N2+2. The van der Waals surface area contributed by atoms with Gasteiger partial charge in [-0.3, -0.25) is 0 Å². The smallest absolute Gasteiger partial charge is 0.171 e. The summed E-state index contributed by atoms with van der Waals surface area (Å²) >= 11 is 6.93. The lowest BCUT2D eigenvalue weighted by Crippen LogP contribution is -2.33. The fourth-order valence-corrected chi connectivity index (χ4v) is 6.38. The molecule has 0 radical (unpaired) electrons. The fraction of sp³-hybridized carbons (Fsp3) is 0.476. The average Bonchev–Trinajstić information content (AvgIpc) is 3.06. The van der Waals surface area contributed by atoms with E-state index in [1.165, 1.54) is 122 Å². The van der Waals surface area contributed by atoms with Crippen LogP contribution in [-0.2, 0) is 38.8 Å². The molecule has 0 N–H and O–H groups in total. The number of nitrogens with zero attached hydrogens (tertiary/aromatic N) is 2. The molecule has 0 saturated carbocycles. The second-order valence-electron chi connectivity index (χ2n) is 12.9. The number of aryl methyl sites for hydroxylation is 10. The molecule has 2 aromatic heterocycles. The molecule has 4 heteroatoms. The van der Waals surface area contributed by atoms with Gasteiger partial charge >= 0.3 is 0 Å². The van der Waals surface area contributed by atoms with Crippen LogP contribution in [0.25, 0.3) is 0 Å². The third-order valence-corrected chi connectivity index (χ3v) is 10.1. The lowest BCUT2D eigenvalue weighted by atomic mass is 10.0. The Morgan fingerprint density at radius 1 is 0.391 bits per heavy atom. The van der Waals surface area contributed by atoms with Crippen LogP contribution < -0.4 is 9.13 Å². The highest BCUT2D eigenvalue weighted by Crippen LogP contribution is 2.13. The molecule has 0 amide bonds. The summed E-state index contributed by atoms with van der Waals surface area (Å²) in [6, 6.07) is 22.9. The molecule has 0 atom stereocenters. The largest absolute Gasteiger partial charge is 0.205 e. The number of hydrogen-bond donors (Lipinski definition) is 0. The number of rotatable bonds is 18. The molecule has 2 heterocycles. The maximum atomic E-state index is 3.47. The third-order valence-electron chi connectivity index (χ3n) is 9.00. The molecule has 0 bridgehead atoms. The van der Waals surface area contributed by atoms with E-state index in [9.17, 15) is 0 Å². The first-order valence-corrected chi connectivity index (χ1v) is 19.8. The molecular weight excluding hydrogens is 692 g/mol. The molecule has 0 saturated heterocycles. The zero-order chi connectivity index (χ0) is 33.0. The molecule has 46 heavy (non-hydrogen) atoms. The molecule has 2 nitrogen and oxygen atoms in total. The van der Waals surface area contributed by atoms with E-state index in [4.69, 9.17) is 0 Å². The van der Waals surface area contributed by atoms with E-state index in [0.29, 0.717) is 0 Å². The Kier molecular flexibility index (Phi) is 18.5. The zero-order valence-electron chi connectivity index (χ0n) is 29.0. The molecule has 4 aromatic rings. The van der Waals surface area contributed by atoms with E-state index in [1.54, 1.807) is 0 Å². The first kappa shape index (κ1) is 38.2. The molecule has 2 aromatic carbocycles. The predicted octanol–water partition coefficient (Wildman–Crippen LogP) is 10.7. The summed E-state index contributed by atoms with van der Waals surface area (Å²) in [7, 11) is 0. The lowest BCUT2D eigenvalue weighted by Gasteiger charge is -2.05. The number of hydrogen-bond acceptors (Lipinski definition) is 0. The second kappa shape index (κ2) is 22.3. The van der Waals surface area contributed by atoms with Crippen molar-refractivity contribution < 1.29 is 9.13 Å². The van der Waals surface area contributed by atoms with Gasteiger partial charge in [0.05, 0.1) is 0 Å². The van der Waals surface area contributed by atoms with Crippen LogP contribution in [0.15, 0.2) is 85.5 Å². The molecule has 248 valence electrons. The van der Waals surface area contributed by atoms with E-state index in [2.05, 4.69) is 154 Å². The van der Waals surface area contributed by atoms with Gasteiger partial charge in [0.15, 0.2) is 24.8 Å². The van der Waals surface area contributed by atoms with Crippen LogP contribution in [0.5, 0.6) is 0 Å². The highest BCUT2D eigenvalue weighted by atomic mass is 79.9. The summed E-state index contributed by atoms with van der Waals surface area (Å²) < 4.78 is 4.64. The van der Waals surface area contributed by atoms with Crippen LogP contribution in [-0.4, -0.2) is 10.7 Å². The zero-order valence-corrected chi connectivity index (χ0v) is 32.2. The maximum Gasteiger partial charge on any atom is 0.171 e. The van der Waals surface area contributed by atoms with E-state index in [-0.39, 0.29) is 0 Å². The van der Waals surface area contributed by atoms with E-state index < -0.39 is 0 Å². The van der Waals surface area contributed by atoms with E-state index in [1.807, 2.05) is 0 Å². The number of alkyl halides is 2. The van der Waals surface area contributed by atoms with Crippen molar-refractivity contribution in [2.45, 2.75) is 118 Å². The standard InChI is InChI=1S/C28H38N2.C14H20Br2/c1-23-15-19-29(21-25(23)3)17-7-5-9-27-11-13-28(14-12-27)10-6-8-18-30-20-16-24(2)26(4)22-30;15-11-3-1-5-13-7-9-14(10-8-13)6-2-4-12-16/h11-16,19-22H,5-10,17-18H2,1-4H3;7-10H,1-6,11-12H2/q+2;. The van der Waals surface area contributed by atoms with Gasteiger partial charge in [-0.25, -0.2) is 9.13 Å². The van der Waals surface area contributed by atoms with Gasteiger partial charge in [0.2, 0.25) is 0 Å². The number of aromatic nitrogens is 2. The highest BCUT2D eigenvalue weighted by Gasteiger charge is 2.05. The minimum absolute atomic E-state index is 1.11. The van der Waals surface area contributed by atoms with E-state index in [0.717, 1.165) is 23.7 Å². The summed E-state index contributed by atoms with van der Waals surface area (Å²) in [5.74, 6) is 0. The quantitative estimate of drug-likeness (QED) is 0.0544. The number of pyridine rings is 2. The van der Waals surface area contributed by atoms with Crippen LogP contribution >= 0.6 is 31.9 Å². The molecule has 0 unspecified atom stereocenters. The SMILES string of the molecule is BrCCCCc1ccc(CCCCBr)cc1.Cc1cc[n+](CCCCc2ccc(CCCC[n+]3ccc(C)c(C)c3)cc2)cc1C. The summed E-state index contributed by atoms with van der Waals surface area (Å²) in [5, 5.41) is 2.25. The molecule has 0 aliphatic rings. The highest BCUT2D eigenvalue weighted by molar-refractivity contribution is 9.09. The first-order valence-electron chi connectivity index (χ1n) is 17.6. The topological polar surface area (TPSA) is 7.76 Å². The van der Waals surface area contributed by atoms with Crippen molar-refractivity contribution >= 4 is 31.9 Å². The number of halogens is 2. The van der Waals surface area contributed by atoms with Crippen LogP contribution in [0.1, 0.15) is 95.9 Å².